The van der Waals surface area contributed by atoms with Crippen molar-refractivity contribution in [2.45, 2.75) is 20.3 Å². The lowest BCUT2D eigenvalue weighted by atomic mass is 10.2. The molecule has 0 fully saturated rings. The maximum atomic E-state index is 11.8. The predicted octanol–water partition coefficient (Wildman–Crippen LogP) is 0.391. The molecule has 6 nitrogen and oxygen atoms in total. The van der Waals surface area contributed by atoms with Crippen LogP contribution in [0.25, 0.3) is 0 Å². The number of aryl methyl sites for hydroxylation is 1. The third-order valence-electron chi connectivity index (χ3n) is 2.66. The summed E-state index contributed by atoms with van der Waals surface area (Å²) < 4.78 is 22.6. The molecule has 0 radical (unpaired) electrons. The normalized spacial score (nSPS) is 11.3. The van der Waals surface area contributed by atoms with Gasteiger partial charge in [-0.05, 0) is 18.6 Å². The molecule has 0 aliphatic carbocycles. The van der Waals surface area contributed by atoms with Crippen molar-refractivity contribution < 1.29 is 13.2 Å². The molecule has 1 aromatic heterocycles. The number of aromatic nitrogens is 1. The summed E-state index contributed by atoms with van der Waals surface area (Å²) in [7, 11) is -3.07. The Labute approximate surface area is 113 Å². The number of anilines is 1. The van der Waals surface area contributed by atoms with Gasteiger partial charge in [0.05, 0.1) is 5.75 Å². The minimum Gasteiger partial charge on any atom is -0.384 e. The summed E-state index contributed by atoms with van der Waals surface area (Å²) in [5.74, 6) is -0.0395. The Hall–Kier alpha value is -1.63. The Kier molecular flexibility index (Phi) is 5.29. The van der Waals surface area contributed by atoms with Gasteiger partial charge in [0.25, 0.3) is 5.91 Å². The first-order valence-corrected chi connectivity index (χ1v) is 7.95. The summed E-state index contributed by atoms with van der Waals surface area (Å²) in [5.41, 5.74) is 6.73. The zero-order valence-corrected chi connectivity index (χ0v) is 12.0. The molecule has 1 amide bonds. The van der Waals surface area contributed by atoms with Gasteiger partial charge in [-0.3, -0.25) is 4.79 Å². The molecule has 3 N–H and O–H groups in total. The van der Waals surface area contributed by atoms with Crippen molar-refractivity contribution in [2.75, 3.05) is 23.8 Å². The van der Waals surface area contributed by atoms with Gasteiger partial charge in [-0.1, -0.05) is 13.8 Å². The van der Waals surface area contributed by atoms with Crippen molar-refractivity contribution in [3.8, 4) is 0 Å². The highest BCUT2D eigenvalue weighted by atomic mass is 32.2. The zero-order chi connectivity index (χ0) is 14.5. The molecule has 1 rings (SSSR count). The second kappa shape index (κ2) is 6.51. The molecule has 106 valence electrons. The van der Waals surface area contributed by atoms with Gasteiger partial charge in [0.2, 0.25) is 0 Å². The van der Waals surface area contributed by atoms with Gasteiger partial charge < -0.3 is 11.1 Å². The maximum Gasteiger partial charge on any atom is 0.251 e. The van der Waals surface area contributed by atoms with Crippen molar-refractivity contribution in [3.05, 3.63) is 23.4 Å². The fourth-order valence-corrected chi connectivity index (χ4v) is 2.19. The highest BCUT2D eigenvalue weighted by molar-refractivity contribution is 7.91. The van der Waals surface area contributed by atoms with Crippen LogP contribution in [0.15, 0.2) is 12.1 Å². The van der Waals surface area contributed by atoms with Crippen LogP contribution < -0.4 is 11.1 Å². The SMILES string of the molecule is CCc1cc(C(=O)NCCS(=O)(=O)CC)cc(N)n1. The number of hydrogen-bond donors (Lipinski definition) is 2. The molecule has 0 aromatic carbocycles. The minimum absolute atomic E-state index is 0.0591. The van der Waals surface area contributed by atoms with E-state index in [0.717, 1.165) is 5.69 Å². The fraction of sp³-hybridized carbons (Fsp3) is 0.500. The van der Waals surface area contributed by atoms with Gasteiger partial charge in [-0.25, -0.2) is 13.4 Å². The first-order chi connectivity index (χ1) is 8.88. The van der Waals surface area contributed by atoms with E-state index in [2.05, 4.69) is 10.3 Å². The zero-order valence-electron chi connectivity index (χ0n) is 11.1. The van der Waals surface area contributed by atoms with Crippen molar-refractivity contribution in [1.82, 2.24) is 10.3 Å². The number of nitrogens with one attached hydrogen (secondary N) is 1. The van der Waals surface area contributed by atoms with E-state index >= 15 is 0 Å². The van der Waals surface area contributed by atoms with E-state index < -0.39 is 9.84 Å². The van der Waals surface area contributed by atoms with Crippen molar-refractivity contribution in [2.24, 2.45) is 0 Å². The fourth-order valence-electron chi connectivity index (χ4n) is 1.49. The van der Waals surface area contributed by atoms with Gasteiger partial charge >= 0.3 is 0 Å². The van der Waals surface area contributed by atoms with E-state index in [0.29, 0.717) is 12.0 Å². The van der Waals surface area contributed by atoms with Crippen LogP contribution >= 0.6 is 0 Å². The average molecular weight is 285 g/mol. The van der Waals surface area contributed by atoms with Crippen molar-refractivity contribution >= 4 is 21.6 Å². The molecule has 0 saturated carbocycles. The Balaban J connectivity index is 2.66. The quantitative estimate of drug-likeness (QED) is 0.787. The van der Waals surface area contributed by atoms with E-state index in [-0.39, 0.29) is 29.8 Å². The van der Waals surface area contributed by atoms with Crippen LogP contribution in [0.4, 0.5) is 5.82 Å². The summed E-state index contributed by atoms with van der Waals surface area (Å²) in [6.45, 7) is 3.59. The molecule has 0 bridgehead atoms. The lowest BCUT2D eigenvalue weighted by Gasteiger charge is -2.07. The van der Waals surface area contributed by atoms with Gasteiger partial charge in [0.15, 0.2) is 9.84 Å². The Morgan fingerprint density at radius 1 is 1.37 bits per heavy atom. The molecule has 0 atom stereocenters. The van der Waals surface area contributed by atoms with Crippen LogP contribution in [0.2, 0.25) is 0 Å². The number of rotatable bonds is 6. The van der Waals surface area contributed by atoms with Crippen molar-refractivity contribution in [3.63, 3.8) is 0 Å². The molecule has 19 heavy (non-hydrogen) atoms. The van der Waals surface area contributed by atoms with Crippen LogP contribution in [-0.2, 0) is 16.3 Å². The summed E-state index contributed by atoms with van der Waals surface area (Å²) in [6, 6.07) is 3.13. The number of carbonyl (C=O) groups excluding carboxylic acids is 1. The molecule has 7 heteroatoms. The van der Waals surface area contributed by atoms with E-state index in [1.807, 2.05) is 6.92 Å². The molecule has 1 aromatic rings. The number of hydrogen-bond acceptors (Lipinski definition) is 5. The van der Waals surface area contributed by atoms with E-state index in [1.54, 1.807) is 13.0 Å². The second-order valence-electron chi connectivity index (χ2n) is 4.12. The summed E-state index contributed by atoms with van der Waals surface area (Å²) >= 11 is 0. The van der Waals surface area contributed by atoms with Crippen LogP contribution in [0.1, 0.15) is 29.9 Å². The number of carbonyl (C=O) groups is 1. The smallest absolute Gasteiger partial charge is 0.251 e. The number of nitrogens with two attached hydrogens (primary N) is 1. The first kappa shape index (κ1) is 15.4. The number of amides is 1. The van der Waals surface area contributed by atoms with E-state index in [1.165, 1.54) is 6.07 Å². The number of pyridine rings is 1. The standard InChI is InChI=1S/C12H19N3O3S/c1-3-10-7-9(8-11(13)15-10)12(16)14-5-6-19(17,18)4-2/h7-8H,3-6H2,1-2H3,(H2,13,15)(H,14,16). The number of nitrogen functional groups attached to an aromatic ring is 1. The van der Waals surface area contributed by atoms with Crippen LogP contribution in [-0.4, -0.2) is 37.4 Å². The summed E-state index contributed by atoms with van der Waals surface area (Å²) in [6.07, 6.45) is 0.676. The van der Waals surface area contributed by atoms with E-state index in [4.69, 9.17) is 5.73 Å². The largest absolute Gasteiger partial charge is 0.384 e. The van der Waals surface area contributed by atoms with Gasteiger partial charge in [0.1, 0.15) is 5.82 Å². The molecule has 1 heterocycles. The summed E-state index contributed by atoms with van der Waals surface area (Å²) in [4.78, 5) is 15.9. The molecule has 0 saturated heterocycles. The first-order valence-electron chi connectivity index (χ1n) is 6.13. The van der Waals surface area contributed by atoms with Crippen LogP contribution in [0, 0.1) is 0 Å². The monoisotopic (exact) mass is 285 g/mol. The van der Waals surface area contributed by atoms with Crippen LogP contribution in [0.5, 0.6) is 0 Å². The molecule has 0 aliphatic heterocycles. The summed E-state index contributed by atoms with van der Waals surface area (Å²) in [5, 5.41) is 2.57. The lowest BCUT2D eigenvalue weighted by molar-refractivity contribution is 0.0956. The van der Waals surface area contributed by atoms with Gasteiger partial charge in [-0.15, -0.1) is 0 Å². The lowest BCUT2D eigenvalue weighted by Crippen LogP contribution is -2.29. The minimum atomic E-state index is -3.07. The third kappa shape index (κ3) is 4.86. The molecular weight excluding hydrogens is 266 g/mol. The van der Waals surface area contributed by atoms with Crippen LogP contribution in [0.3, 0.4) is 0 Å². The Morgan fingerprint density at radius 3 is 2.63 bits per heavy atom. The highest BCUT2D eigenvalue weighted by Crippen LogP contribution is 2.08. The average Bonchev–Trinajstić information content (AvgIpc) is 2.37. The van der Waals surface area contributed by atoms with Gasteiger partial charge in [-0.2, -0.15) is 0 Å². The number of sulfone groups is 1. The number of nitrogens with zero attached hydrogens (tertiary/aromatic N) is 1. The Bertz CT molecular complexity index is 555. The second-order valence-corrected chi connectivity index (χ2v) is 6.59. The molecule has 0 spiro atoms. The topological polar surface area (TPSA) is 102 Å². The van der Waals surface area contributed by atoms with Gasteiger partial charge in [0, 0.05) is 23.6 Å². The van der Waals surface area contributed by atoms with E-state index in [9.17, 15) is 13.2 Å². The predicted molar refractivity (Wildman–Crippen MR) is 74.7 cm³/mol. The third-order valence-corrected chi connectivity index (χ3v) is 4.37. The van der Waals surface area contributed by atoms with Crippen molar-refractivity contribution in [1.29, 1.82) is 0 Å². The molecular formula is C12H19N3O3S. The highest BCUT2D eigenvalue weighted by Gasteiger charge is 2.11. The molecule has 0 unspecified atom stereocenters. The maximum absolute atomic E-state index is 11.8. The molecule has 0 aliphatic rings. The Morgan fingerprint density at radius 2 is 2.05 bits per heavy atom.